The highest BCUT2D eigenvalue weighted by Crippen LogP contribution is 2.70. The van der Waals surface area contributed by atoms with Gasteiger partial charge in [-0.15, -0.1) is 0 Å². The van der Waals surface area contributed by atoms with E-state index in [0.29, 0.717) is 0 Å². The van der Waals surface area contributed by atoms with E-state index in [1.807, 2.05) is 0 Å². The molecule has 0 radical (unpaired) electrons. The van der Waals surface area contributed by atoms with Crippen molar-refractivity contribution in [3.05, 3.63) is 0 Å². The van der Waals surface area contributed by atoms with Gasteiger partial charge in [0.1, 0.15) is 0 Å². The Balaban J connectivity index is 5.72. The second-order valence-corrected chi connectivity index (χ2v) is 11.1. The Hall–Kier alpha value is 0.310. The van der Waals surface area contributed by atoms with Crippen LogP contribution in [0.15, 0.2) is 0 Å². The van der Waals surface area contributed by atoms with Crippen LogP contribution >= 0.6 is 7.94 Å². The van der Waals surface area contributed by atoms with E-state index in [1.54, 1.807) is 0 Å². The molecule has 0 rings (SSSR count). The van der Waals surface area contributed by atoms with Crippen LogP contribution in [0.4, 0.5) is 0 Å². The highest BCUT2D eigenvalue weighted by Gasteiger charge is 2.66. The highest BCUT2D eigenvalue weighted by atomic mass is 31.2. The van der Waals surface area contributed by atoms with Gasteiger partial charge in [-0.25, -0.2) is 0 Å². The molecule has 0 aliphatic rings. The molecule has 0 aliphatic heterocycles. The van der Waals surface area contributed by atoms with Crippen LogP contribution in [-0.2, 0) is 0 Å². The molecule has 0 aromatic heterocycles. The lowest BCUT2D eigenvalue weighted by molar-refractivity contribution is 0.110. The lowest BCUT2D eigenvalue weighted by Gasteiger charge is -2.47. The molecule has 0 saturated carbocycles. The van der Waals surface area contributed by atoms with E-state index in [4.69, 9.17) is 0 Å². The van der Waals surface area contributed by atoms with Crippen LogP contribution in [0.2, 0.25) is 0 Å². The molecule has 3 unspecified atom stereocenters. The first-order valence-electron chi connectivity index (χ1n) is 12.3. The van der Waals surface area contributed by atoms with Gasteiger partial charge in [0.15, 0.2) is 5.16 Å². The summed E-state index contributed by atoms with van der Waals surface area (Å²) >= 11 is 0. The van der Waals surface area contributed by atoms with Gasteiger partial charge in [0, 0.05) is 17.8 Å². The second-order valence-electron chi connectivity index (χ2n) is 9.20. The number of rotatable bonds is 18. The molecule has 0 heterocycles. The monoisotopic (exact) mass is 419 g/mol. The summed E-state index contributed by atoms with van der Waals surface area (Å²) in [5.74, 6) is 0.421. The van der Waals surface area contributed by atoms with Crippen LogP contribution in [0, 0.1) is 17.8 Å². The largest absolute Gasteiger partial charge is 0.410 e. The van der Waals surface area contributed by atoms with Gasteiger partial charge >= 0.3 is 7.94 Å². The maximum Gasteiger partial charge on any atom is 0.410 e. The molecule has 3 N–H and O–H groups in total. The number of hydrogen-bond acceptors (Lipinski definition) is 3. The highest BCUT2D eigenvalue weighted by molar-refractivity contribution is 7.60. The SMILES string of the molecule is CCCCCCC(C)C(C(C)CCCCCC)(C(CC)CCCC)[P+](O)(O)O. The van der Waals surface area contributed by atoms with Gasteiger partial charge in [0.2, 0.25) is 0 Å². The summed E-state index contributed by atoms with van der Waals surface area (Å²) in [4.78, 5) is 32.7. The summed E-state index contributed by atoms with van der Waals surface area (Å²) in [5.41, 5.74) is 0. The molecular formula is C24H52O3P+. The van der Waals surface area contributed by atoms with Crippen molar-refractivity contribution in [1.29, 1.82) is 0 Å². The fourth-order valence-electron chi connectivity index (χ4n) is 5.56. The lowest BCUT2D eigenvalue weighted by atomic mass is 9.68. The topological polar surface area (TPSA) is 60.7 Å². The van der Waals surface area contributed by atoms with Gasteiger partial charge in [0.25, 0.3) is 0 Å². The summed E-state index contributed by atoms with van der Waals surface area (Å²) in [6.45, 7) is 13.2. The smallest absolute Gasteiger partial charge is 0.192 e. The van der Waals surface area contributed by atoms with Crippen molar-refractivity contribution in [1.82, 2.24) is 0 Å². The third-order valence-electron chi connectivity index (χ3n) is 7.13. The Kier molecular flexibility index (Phi) is 15.3. The summed E-state index contributed by atoms with van der Waals surface area (Å²) in [6.07, 6.45) is 15.5. The van der Waals surface area contributed by atoms with E-state index in [2.05, 4.69) is 41.5 Å². The van der Waals surface area contributed by atoms with E-state index >= 15 is 0 Å². The van der Waals surface area contributed by atoms with Crippen molar-refractivity contribution in [3.8, 4) is 0 Å². The molecule has 0 bridgehead atoms. The normalized spacial score (nSPS) is 17.9. The Morgan fingerprint density at radius 1 is 0.607 bits per heavy atom. The summed E-state index contributed by atoms with van der Waals surface area (Å²) in [7, 11) is -3.99. The first kappa shape index (κ1) is 28.3. The maximum absolute atomic E-state index is 10.9. The molecule has 0 fully saturated rings. The summed E-state index contributed by atoms with van der Waals surface area (Å²) < 4.78 is 0. The second kappa shape index (κ2) is 15.2. The average Bonchev–Trinajstić information content (AvgIpc) is 2.64. The van der Waals surface area contributed by atoms with Crippen molar-refractivity contribution >= 4 is 7.94 Å². The van der Waals surface area contributed by atoms with Gasteiger partial charge in [-0.2, -0.15) is 14.7 Å². The minimum atomic E-state index is -3.99. The zero-order valence-corrected chi connectivity index (χ0v) is 20.8. The molecule has 0 aliphatic carbocycles. The van der Waals surface area contributed by atoms with Crippen molar-refractivity contribution in [3.63, 3.8) is 0 Å². The third kappa shape index (κ3) is 8.21. The quantitative estimate of drug-likeness (QED) is 0.156. The standard InChI is InChI=1S/C24H52O3P/c1-7-11-14-16-18-21(5)24(28(25,26)27,23(10-4)20-13-9-3)22(6)19-17-15-12-8-2/h21-23,25-27H,7-20H2,1-6H3/q+1. The van der Waals surface area contributed by atoms with E-state index in [0.717, 1.165) is 51.4 Å². The number of hydrogen-bond donors (Lipinski definition) is 3. The molecule has 0 saturated heterocycles. The van der Waals surface area contributed by atoms with Gasteiger partial charge in [0.05, 0.1) is 0 Å². The van der Waals surface area contributed by atoms with Crippen molar-refractivity contribution < 1.29 is 14.7 Å². The molecular weight excluding hydrogens is 367 g/mol. The van der Waals surface area contributed by atoms with E-state index in [9.17, 15) is 14.7 Å². The maximum atomic E-state index is 10.9. The Morgan fingerprint density at radius 2 is 1.04 bits per heavy atom. The zero-order chi connectivity index (χ0) is 21.6. The van der Waals surface area contributed by atoms with Gasteiger partial charge in [-0.3, -0.25) is 0 Å². The Morgan fingerprint density at radius 3 is 1.36 bits per heavy atom. The minimum Gasteiger partial charge on any atom is -0.192 e. The predicted molar refractivity (Wildman–Crippen MR) is 125 cm³/mol. The Bertz CT molecular complexity index is 349. The van der Waals surface area contributed by atoms with Crippen molar-refractivity contribution in [2.45, 2.75) is 137 Å². The minimum absolute atomic E-state index is 0.126. The molecule has 4 heteroatoms. The van der Waals surface area contributed by atoms with Crippen LogP contribution in [0.1, 0.15) is 131 Å². The van der Waals surface area contributed by atoms with Gasteiger partial charge in [-0.05, 0) is 25.7 Å². The lowest BCUT2D eigenvalue weighted by Crippen LogP contribution is -2.51. The van der Waals surface area contributed by atoms with Gasteiger partial charge in [-0.1, -0.05) is 106 Å². The van der Waals surface area contributed by atoms with Crippen LogP contribution in [0.25, 0.3) is 0 Å². The molecule has 170 valence electrons. The summed E-state index contributed by atoms with van der Waals surface area (Å²) in [6, 6.07) is 0. The molecule has 0 spiro atoms. The fourth-order valence-corrected chi connectivity index (χ4v) is 7.80. The molecule has 0 amide bonds. The van der Waals surface area contributed by atoms with Crippen LogP contribution in [-0.4, -0.2) is 19.8 Å². The first-order valence-corrected chi connectivity index (χ1v) is 14.0. The third-order valence-corrected chi connectivity index (χ3v) is 9.42. The average molecular weight is 420 g/mol. The molecule has 3 nitrogen and oxygen atoms in total. The molecule has 0 aromatic rings. The summed E-state index contributed by atoms with van der Waals surface area (Å²) in [5, 5.41) is -0.755. The van der Waals surface area contributed by atoms with Gasteiger partial charge < -0.3 is 0 Å². The Labute approximate surface area is 177 Å². The molecule has 28 heavy (non-hydrogen) atoms. The van der Waals surface area contributed by atoms with E-state index in [-0.39, 0.29) is 17.8 Å². The molecule has 0 aromatic carbocycles. The van der Waals surface area contributed by atoms with Crippen molar-refractivity contribution in [2.75, 3.05) is 0 Å². The number of unbranched alkanes of at least 4 members (excludes halogenated alkanes) is 7. The first-order chi connectivity index (χ1) is 13.2. The fraction of sp³-hybridized carbons (Fsp3) is 1.00. The van der Waals surface area contributed by atoms with Crippen LogP contribution in [0.5, 0.6) is 0 Å². The predicted octanol–water partition coefficient (Wildman–Crippen LogP) is 7.89. The zero-order valence-electron chi connectivity index (χ0n) is 19.9. The van der Waals surface area contributed by atoms with Crippen molar-refractivity contribution in [2.24, 2.45) is 17.8 Å². The van der Waals surface area contributed by atoms with E-state index < -0.39 is 13.1 Å². The van der Waals surface area contributed by atoms with E-state index in [1.165, 1.54) is 38.5 Å². The van der Waals surface area contributed by atoms with Crippen LogP contribution in [0.3, 0.4) is 0 Å². The van der Waals surface area contributed by atoms with Crippen LogP contribution < -0.4 is 0 Å². The molecule has 3 atom stereocenters.